The molecule has 3 amide bonds. The maximum atomic E-state index is 14.0. The van der Waals surface area contributed by atoms with Gasteiger partial charge in [-0.05, 0) is 82.7 Å². The molecule has 2 unspecified atom stereocenters. The number of aryl methyl sites for hydroxylation is 1. The zero-order valence-corrected chi connectivity index (χ0v) is 31.1. The highest BCUT2D eigenvalue weighted by molar-refractivity contribution is 7.09. The number of nitrogens with one attached hydrogen (secondary N) is 1. The number of rotatable bonds is 11. The molecule has 3 aromatic carbocycles. The van der Waals surface area contributed by atoms with Gasteiger partial charge in [0.15, 0.2) is 0 Å². The highest BCUT2D eigenvalue weighted by atomic mass is 32.1. The van der Waals surface area contributed by atoms with Crippen LogP contribution >= 0.6 is 11.3 Å². The lowest BCUT2D eigenvalue weighted by molar-refractivity contribution is -0.00248. The van der Waals surface area contributed by atoms with E-state index in [-0.39, 0.29) is 24.6 Å². The first-order valence-corrected chi connectivity index (χ1v) is 18.8. The Kier molecular flexibility index (Phi) is 11.7. The summed E-state index contributed by atoms with van der Waals surface area (Å²) in [5.41, 5.74) is 2.82. The molecule has 0 radical (unpaired) electrons. The molecule has 6 rings (SSSR count). The smallest absolute Gasteiger partial charge is 0.410 e. The van der Waals surface area contributed by atoms with Gasteiger partial charge >= 0.3 is 6.09 Å². The Morgan fingerprint density at radius 2 is 1.65 bits per heavy atom. The van der Waals surface area contributed by atoms with Crippen LogP contribution in [-0.2, 0) is 22.5 Å². The van der Waals surface area contributed by atoms with Crippen LogP contribution in [0.1, 0.15) is 88.6 Å². The topological polar surface area (TPSA) is 121 Å². The summed E-state index contributed by atoms with van der Waals surface area (Å²) in [4.78, 5) is 49.4. The second kappa shape index (κ2) is 16.4. The van der Waals surface area contributed by atoms with Crippen LogP contribution in [0.2, 0.25) is 0 Å². The van der Waals surface area contributed by atoms with Crippen molar-refractivity contribution in [3.05, 3.63) is 123 Å². The SMILES string of the molecule is Cc1csc([C@H]2CCCN2C(=O)c2cccc(C(=O)N[C@@H](Cc3ccccc3)[C@H](O)C3CC(OCc4ccccc4)CN3C(=O)OC(C)(C)C)c2)n1. The van der Waals surface area contributed by atoms with Gasteiger partial charge in [-0.3, -0.25) is 14.5 Å². The van der Waals surface area contributed by atoms with Gasteiger partial charge in [0.25, 0.3) is 11.8 Å². The summed E-state index contributed by atoms with van der Waals surface area (Å²) in [6, 6.07) is 24.5. The average molecular weight is 725 g/mol. The third kappa shape index (κ3) is 9.25. The van der Waals surface area contributed by atoms with Crippen molar-refractivity contribution in [3.8, 4) is 0 Å². The summed E-state index contributed by atoms with van der Waals surface area (Å²) < 4.78 is 12.0. The van der Waals surface area contributed by atoms with E-state index in [1.165, 1.54) is 4.90 Å². The Balaban J connectivity index is 1.22. The second-order valence-electron chi connectivity index (χ2n) is 14.7. The number of aliphatic hydroxyl groups excluding tert-OH is 1. The van der Waals surface area contributed by atoms with Crippen LogP contribution in [-0.4, -0.2) is 80.8 Å². The Hall–Kier alpha value is -4.58. The molecule has 0 saturated carbocycles. The molecule has 2 saturated heterocycles. The van der Waals surface area contributed by atoms with E-state index in [0.29, 0.717) is 37.1 Å². The third-order valence-corrected chi connectivity index (χ3v) is 10.6. The van der Waals surface area contributed by atoms with Gasteiger partial charge in [-0.2, -0.15) is 0 Å². The van der Waals surface area contributed by atoms with Crippen LogP contribution in [0.25, 0.3) is 0 Å². The Labute approximate surface area is 309 Å². The monoisotopic (exact) mass is 724 g/mol. The normalized spacial score (nSPS) is 20.1. The van der Waals surface area contributed by atoms with E-state index >= 15 is 0 Å². The molecule has 0 aliphatic carbocycles. The number of hydrogen-bond donors (Lipinski definition) is 2. The standard InChI is InChI=1S/C41H48N4O6S/c1-27-26-52-38(42-27)34-19-12-20-44(34)39(48)31-18-11-17-30(22-31)37(47)43-33(21-28-13-7-5-8-14-28)36(46)35-23-32(50-25-29-15-9-6-10-16-29)24-45(35)40(49)51-41(2,3)4/h5-11,13-18,22,26,32-36,46H,12,19-21,23-25H2,1-4H3,(H,43,47)/t32?,33-,34+,35?,36-/m0/s1. The first-order valence-electron chi connectivity index (χ1n) is 18.0. The minimum Gasteiger partial charge on any atom is -0.444 e. The molecular formula is C41H48N4O6S. The van der Waals surface area contributed by atoms with Crippen molar-refractivity contribution in [1.82, 2.24) is 20.1 Å². The van der Waals surface area contributed by atoms with E-state index in [1.807, 2.05) is 77.9 Å². The van der Waals surface area contributed by atoms with Crippen LogP contribution in [0.5, 0.6) is 0 Å². The zero-order chi connectivity index (χ0) is 36.8. The number of amides is 3. The van der Waals surface area contributed by atoms with Crippen LogP contribution in [0.3, 0.4) is 0 Å². The maximum Gasteiger partial charge on any atom is 0.410 e. The Morgan fingerprint density at radius 3 is 2.33 bits per heavy atom. The predicted molar refractivity (Wildman–Crippen MR) is 200 cm³/mol. The molecule has 10 nitrogen and oxygen atoms in total. The number of hydrogen-bond acceptors (Lipinski definition) is 8. The molecule has 0 bridgehead atoms. The maximum absolute atomic E-state index is 14.0. The molecule has 0 spiro atoms. The van der Waals surface area contributed by atoms with Gasteiger partial charge in [0.1, 0.15) is 10.6 Å². The summed E-state index contributed by atoms with van der Waals surface area (Å²) in [5.74, 6) is -0.576. The van der Waals surface area contributed by atoms with Crippen molar-refractivity contribution < 1.29 is 29.0 Å². The third-order valence-electron chi connectivity index (χ3n) is 9.49. The number of likely N-dealkylation sites (tertiary alicyclic amines) is 2. The number of thiazole rings is 1. The molecule has 2 aliphatic heterocycles. The van der Waals surface area contributed by atoms with E-state index in [2.05, 4.69) is 10.3 Å². The number of benzene rings is 3. The molecule has 3 heterocycles. The second-order valence-corrected chi connectivity index (χ2v) is 15.6. The van der Waals surface area contributed by atoms with Gasteiger partial charge in [-0.15, -0.1) is 11.3 Å². The molecule has 2 fully saturated rings. The quantitative estimate of drug-likeness (QED) is 0.176. The predicted octanol–water partition coefficient (Wildman–Crippen LogP) is 6.73. The van der Waals surface area contributed by atoms with Crippen molar-refractivity contribution in [2.45, 2.75) is 95.9 Å². The van der Waals surface area contributed by atoms with E-state index < -0.39 is 35.8 Å². The molecule has 2 aliphatic rings. The minimum atomic E-state index is -1.17. The van der Waals surface area contributed by atoms with Crippen molar-refractivity contribution >= 4 is 29.2 Å². The lowest BCUT2D eigenvalue weighted by Gasteiger charge is -2.34. The first kappa shape index (κ1) is 37.2. The van der Waals surface area contributed by atoms with Crippen molar-refractivity contribution in [2.75, 3.05) is 13.1 Å². The molecule has 4 aromatic rings. The number of carbonyl (C=O) groups is 3. The number of nitrogens with zero attached hydrogens (tertiary/aromatic N) is 3. The van der Waals surface area contributed by atoms with E-state index in [1.54, 1.807) is 56.4 Å². The molecule has 52 heavy (non-hydrogen) atoms. The van der Waals surface area contributed by atoms with Gasteiger partial charge in [0.2, 0.25) is 0 Å². The van der Waals surface area contributed by atoms with Crippen molar-refractivity contribution in [3.63, 3.8) is 0 Å². The van der Waals surface area contributed by atoms with Gasteiger partial charge in [0.05, 0.1) is 43.5 Å². The summed E-state index contributed by atoms with van der Waals surface area (Å²) in [6.07, 6.45) is 0.319. The minimum absolute atomic E-state index is 0.0890. The first-order chi connectivity index (χ1) is 24.9. The van der Waals surface area contributed by atoms with Crippen LogP contribution in [0, 0.1) is 6.92 Å². The van der Waals surface area contributed by atoms with E-state index in [0.717, 1.165) is 34.7 Å². The Bertz CT molecular complexity index is 1830. The summed E-state index contributed by atoms with van der Waals surface area (Å²) in [6.45, 7) is 8.57. The lowest BCUT2D eigenvalue weighted by atomic mass is 9.94. The molecule has 5 atom stereocenters. The van der Waals surface area contributed by atoms with Gasteiger partial charge in [0, 0.05) is 28.7 Å². The van der Waals surface area contributed by atoms with Gasteiger partial charge in [-0.25, -0.2) is 9.78 Å². The molecule has 2 N–H and O–H groups in total. The van der Waals surface area contributed by atoms with E-state index in [9.17, 15) is 19.5 Å². The largest absolute Gasteiger partial charge is 0.444 e. The van der Waals surface area contributed by atoms with Gasteiger partial charge < -0.3 is 24.8 Å². The number of aromatic nitrogens is 1. The van der Waals surface area contributed by atoms with Crippen LogP contribution in [0.15, 0.2) is 90.3 Å². The summed E-state index contributed by atoms with van der Waals surface area (Å²) >= 11 is 1.56. The highest BCUT2D eigenvalue weighted by Crippen LogP contribution is 2.35. The molecule has 11 heteroatoms. The van der Waals surface area contributed by atoms with Gasteiger partial charge in [-0.1, -0.05) is 66.7 Å². The number of carbonyl (C=O) groups excluding carboxylic acids is 3. The molecule has 274 valence electrons. The fraction of sp³-hybridized carbons (Fsp3) is 0.415. The highest BCUT2D eigenvalue weighted by Gasteiger charge is 2.44. The van der Waals surface area contributed by atoms with Crippen LogP contribution in [0.4, 0.5) is 4.79 Å². The van der Waals surface area contributed by atoms with Crippen molar-refractivity contribution in [1.29, 1.82) is 0 Å². The van der Waals surface area contributed by atoms with E-state index in [4.69, 9.17) is 9.47 Å². The molecule has 1 aromatic heterocycles. The lowest BCUT2D eigenvalue weighted by Crippen LogP contribution is -2.54. The fourth-order valence-corrected chi connectivity index (χ4v) is 7.93. The molecular weight excluding hydrogens is 677 g/mol. The Morgan fingerprint density at radius 1 is 0.962 bits per heavy atom. The average Bonchev–Trinajstić information content (AvgIpc) is 3.90. The fourth-order valence-electron chi connectivity index (χ4n) is 6.99. The summed E-state index contributed by atoms with van der Waals surface area (Å²) in [7, 11) is 0. The number of ether oxygens (including phenoxy) is 2. The summed E-state index contributed by atoms with van der Waals surface area (Å²) in [5, 5.41) is 18.1. The van der Waals surface area contributed by atoms with Crippen molar-refractivity contribution in [2.24, 2.45) is 0 Å². The zero-order valence-electron chi connectivity index (χ0n) is 30.2. The number of aliphatic hydroxyl groups is 1. The van der Waals surface area contributed by atoms with Crippen LogP contribution < -0.4 is 5.32 Å².